The number of aryl methyl sites for hydroxylation is 1. The van der Waals surface area contributed by atoms with Crippen LogP contribution in [-0.4, -0.2) is 27.3 Å². The van der Waals surface area contributed by atoms with E-state index in [1.807, 2.05) is 0 Å². The fourth-order valence-corrected chi connectivity index (χ4v) is 1.76. The van der Waals surface area contributed by atoms with Crippen LogP contribution in [0.15, 0.2) is 29.0 Å². The molecule has 0 aliphatic heterocycles. The lowest BCUT2D eigenvalue weighted by atomic mass is 10.3. The first kappa shape index (κ1) is 14.4. The van der Waals surface area contributed by atoms with Crippen molar-refractivity contribution < 1.29 is 13.9 Å². The molecule has 0 aliphatic carbocycles. The fraction of sp³-hybridized carbons (Fsp3) is 0.250. The average molecular weight is 343 g/mol. The molecule has 6 nitrogen and oxygen atoms in total. The van der Waals surface area contributed by atoms with Gasteiger partial charge in [0, 0.05) is 11.5 Å². The van der Waals surface area contributed by atoms with Gasteiger partial charge in [-0.1, -0.05) is 15.9 Å². The Bertz CT molecular complexity index is 617. The molecule has 0 atom stereocenters. The zero-order valence-corrected chi connectivity index (χ0v) is 12.2. The summed E-state index contributed by atoms with van der Waals surface area (Å²) in [6.07, 6.45) is 1.54. The van der Waals surface area contributed by atoms with E-state index in [1.54, 1.807) is 17.7 Å². The normalized spacial score (nSPS) is 10.3. The van der Waals surface area contributed by atoms with Gasteiger partial charge in [-0.15, -0.1) is 10.2 Å². The molecule has 0 unspecified atom stereocenters. The van der Waals surface area contributed by atoms with Gasteiger partial charge >= 0.3 is 0 Å². The van der Waals surface area contributed by atoms with Gasteiger partial charge in [-0.25, -0.2) is 4.39 Å². The highest BCUT2D eigenvalue weighted by Gasteiger charge is 2.08. The van der Waals surface area contributed by atoms with Gasteiger partial charge in [0.15, 0.2) is 24.0 Å². The summed E-state index contributed by atoms with van der Waals surface area (Å²) in [5.74, 6) is -0.244. The van der Waals surface area contributed by atoms with Gasteiger partial charge in [-0.2, -0.15) is 0 Å². The molecular weight excluding hydrogens is 331 g/mol. The summed E-state index contributed by atoms with van der Waals surface area (Å²) in [5.41, 5.74) is 0. The maximum atomic E-state index is 13.5. The van der Waals surface area contributed by atoms with Crippen LogP contribution in [0, 0.1) is 5.82 Å². The van der Waals surface area contributed by atoms with Crippen LogP contribution >= 0.6 is 15.9 Å². The van der Waals surface area contributed by atoms with Gasteiger partial charge < -0.3 is 14.6 Å². The van der Waals surface area contributed by atoms with Crippen molar-refractivity contribution in [2.75, 3.05) is 6.61 Å². The van der Waals surface area contributed by atoms with Crippen LogP contribution in [0.5, 0.6) is 5.75 Å². The minimum Gasteiger partial charge on any atom is -0.481 e. The molecule has 0 spiro atoms. The summed E-state index contributed by atoms with van der Waals surface area (Å²) in [6.45, 7) is -0.0298. The van der Waals surface area contributed by atoms with Crippen molar-refractivity contribution in [3.8, 4) is 5.75 Å². The Balaban J connectivity index is 1.82. The van der Waals surface area contributed by atoms with Gasteiger partial charge in [0.25, 0.3) is 5.91 Å². The lowest BCUT2D eigenvalue weighted by molar-refractivity contribution is -0.123. The third kappa shape index (κ3) is 3.77. The van der Waals surface area contributed by atoms with Gasteiger partial charge in [0.1, 0.15) is 6.33 Å². The van der Waals surface area contributed by atoms with E-state index in [1.165, 1.54) is 18.5 Å². The van der Waals surface area contributed by atoms with Crippen molar-refractivity contribution >= 4 is 21.8 Å². The van der Waals surface area contributed by atoms with E-state index in [2.05, 4.69) is 31.4 Å². The molecule has 2 rings (SSSR count). The number of halogens is 2. The smallest absolute Gasteiger partial charge is 0.258 e. The summed E-state index contributed by atoms with van der Waals surface area (Å²) < 4.78 is 20.9. The zero-order chi connectivity index (χ0) is 14.5. The first-order valence-corrected chi connectivity index (χ1v) is 6.53. The molecule has 0 aliphatic rings. The molecule has 106 valence electrons. The predicted molar refractivity (Wildman–Crippen MR) is 72.4 cm³/mol. The highest BCUT2D eigenvalue weighted by molar-refractivity contribution is 9.10. The van der Waals surface area contributed by atoms with E-state index >= 15 is 0 Å². The van der Waals surface area contributed by atoms with Crippen LogP contribution in [0.3, 0.4) is 0 Å². The topological polar surface area (TPSA) is 69.0 Å². The molecule has 20 heavy (non-hydrogen) atoms. The van der Waals surface area contributed by atoms with Crippen molar-refractivity contribution in [1.82, 2.24) is 20.1 Å². The Hall–Kier alpha value is -1.96. The Labute approximate surface area is 123 Å². The third-order valence-corrected chi connectivity index (χ3v) is 2.99. The van der Waals surface area contributed by atoms with E-state index in [9.17, 15) is 9.18 Å². The van der Waals surface area contributed by atoms with Crippen LogP contribution in [0.1, 0.15) is 5.82 Å². The molecule has 1 aromatic carbocycles. The van der Waals surface area contributed by atoms with Crippen molar-refractivity contribution in [2.45, 2.75) is 6.54 Å². The number of rotatable bonds is 5. The van der Waals surface area contributed by atoms with Crippen LogP contribution in [0.25, 0.3) is 0 Å². The van der Waals surface area contributed by atoms with Crippen LogP contribution in [0.4, 0.5) is 4.39 Å². The second-order valence-corrected chi connectivity index (χ2v) is 4.91. The molecule has 0 fully saturated rings. The number of hydrogen-bond donors (Lipinski definition) is 1. The lowest BCUT2D eigenvalue weighted by Gasteiger charge is -2.08. The summed E-state index contributed by atoms with van der Waals surface area (Å²) in [6, 6.07) is 4.36. The maximum absolute atomic E-state index is 13.5. The molecule has 8 heteroatoms. The zero-order valence-electron chi connectivity index (χ0n) is 10.6. The van der Waals surface area contributed by atoms with E-state index in [4.69, 9.17) is 4.74 Å². The second kappa shape index (κ2) is 6.47. The lowest BCUT2D eigenvalue weighted by Crippen LogP contribution is -2.29. The minimum absolute atomic E-state index is 0.0296. The molecule has 0 radical (unpaired) electrons. The van der Waals surface area contributed by atoms with Crippen LogP contribution in [-0.2, 0) is 18.4 Å². The van der Waals surface area contributed by atoms with Crippen molar-refractivity contribution in [3.05, 3.63) is 40.6 Å². The van der Waals surface area contributed by atoms with Crippen molar-refractivity contribution in [1.29, 1.82) is 0 Å². The Morgan fingerprint density at radius 1 is 1.55 bits per heavy atom. The standard InChI is InChI=1S/C12H12BrFN4O2/c1-18-7-16-17-11(18)5-15-12(19)6-20-10-3-2-8(13)4-9(10)14/h2-4,7H,5-6H2,1H3,(H,15,19). The SMILES string of the molecule is Cn1cnnc1CNC(=O)COc1ccc(Br)cc1F. The summed E-state index contributed by atoms with van der Waals surface area (Å²) in [7, 11) is 1.77. The molecule has 0 saturated carbocycles. The number of carbonyl (C=O) groups excluding carboxylic acids is 1. The summed E-state index contributed by atoms with van der Waals surface area (Å²) >= 11 is 3.14. The first-order valence-electron chi connectivity index (χ1n) is 5.73. The Kier molecular flexibility index (Phi) is 4.67. The molecule has 2 aromatic rings. The number of carbonyl (C=O) groups is 1. The number of nitrogens with zero attached hydrogens (tertiary/aromatic N) is 3. The molecule has 0 saturated heterocycles. The largest absolute Gasteiger partial charge is 0.481 e. The summed E-state index contributed by atoms with van der Waals surface area (Å²) in [5, 5.41) is 10.1. The predicted octanol–water partition coefficient (Wildman–Crippen LogP) is 1.41. The maximum Gasteiger partial charge on any atom is 0.258 e. The average Bonchev–Trinajstić information content (AvgIpc) is 2.81. The minimum atomic E-state index is -0.527. The molecular formula is C12H12BrFN4O2. The molecule has 1 heterocycles. The number of hydrogen-bond acceptors (Lipinski definition) is 4. The van der Waals surface area contributed by atoms with Crippen LogP contribution < -0.4 is 10.1 Å². The van der Waals surface area contributed by atoms with Crippen molar-refractivity contribution in [2.24, 2.45) is 7.05 Å². The van der Waals surface area contributed by atoms with Gasteiger partial charge in [-0.05, 0) is 18.2 Å². The van der Waals surface area contributed by atoms with Crippen molar-refractivity contribution in [3.63, 3.8) is 0 Å². The quantitative estimate of drug-likeness (QED) is 0.891. The van der Waals surface area contributed by atoms with Gasteiger partial charge in [-0.3, -0.25) is 4.79 Å². The summed E-state index contributed by atoms with van der Waals surface area (Å²) in [4.78, 5) is 11.6. The number of amides is 1. The number of nitrogens with one attached hydrogen (secondary N) is 1. The number of ether oxygens (including phenoxy) is 1. The van der Waals surface area contributed by atoms with E-state index in [0.29, 0.717) is 10.3 Å². The number of benzene rings is 1. The highest BCUT2D eigenvalue weighted by atomic mass is 79.9. The monoisotopic (exact) mass is 342 g/mol. The third-order valence-electron chi connectivity index (χ3n) is 2.50. The highest BCUT2D eigenvalue weighted by Crippen LogP contribution is 2.21. The molecule has 1 N–H and O–H groups in total. The van der Waals surface area contributed by atoms with Crippen LogP contribution in [0.2, 0.25) is 0 Å². The second-order valence-electron chi connectivity index (χ2n) is 4.00. The van der Waals surface area contributed by atoms with Gasteiger partial charge in [0.05, 0.1) is 6.54 Å². The van der Waals surface area contributed by atoms with E-state index in [-0.39, 0.29) is 24.8 Å². The molecule has 1 aromatic heterocycles. The fourth-order valence-electron chi connectivity index (χ4n) is 1.43. The molecule has 1 amide bonds. The van der Waals surface area contributed by atoms with Gasteiger partial charge in [0.2, 0.25) is 0 Å². The molecule has 0 bridgehead atoms. The Morgan fingerprint density at radius 3 is 3.00 bits per heavy atom. The van der Waals surface area contributed by atoms with E-state index in [0.717, 1.165) is 0 Å². The van der Waals surface area contributed by atoms with E-state index < -0.39 is 5.82 Å². The Morgan fingerprint density at radius 2 is 2.35 bits per heavy atom. The first-order chi connectivity index (χ1) is 9.56. The number of aromatic nitrogens is 3.